The number of carbonyl (C=O) groups is 2. The van der Waals surface area contributed by atoms with Gasteiger partial charge in [-0.25, -0.2) is 28.5 Å². The highest BCUT2D eigenvalue weighted by Gasteiger charge is 2.38. The number of aryl methyl sites for hydroxylation is 2. The number of fused-ring (bicyclic) bond motifs is 1. The van der Waals surface area contributed by atoms with Gasteiger partial charge in [-0.2, -0.15) is 13.2 Å². The molecule has 9 nitrogen and oxygen atoms in total. The molecule has 0 aliphatic heterocycles. The number of hydrogen-bond acceptors (Lipinski definition) is 7. The number of carbonyl (C=O) groups excluding carboxylic acids is 2. The largest absolute Gasteiger partial charge is 0.467 e. The number of halogens is 5. The van der Waals surface area contributed by atoms with Gasteiger partial charge in [-0.1, -0.05) is 6.92 Å². The summed E-state index contributed by atoms with van der Waals surface area (Å²) in [6, 6.07) is 3.28. The summed E-state index contributed by atoms with van der Waals surface area (Å²) in [6.45, 7) is 6.43. The summed E-state index contributed by atoms with van der Waals surface area (Å²) < 4.78 is 77.9. The number of aromatic nitrogens is 4. The molecule has 0 aliphatic carbocycles. The van der Waals surface area contributed by atoms with Crippen LogP contribution in [0.15, 0.2) is 36.7 Å². The van der Waals surface area contributed by atoms with Gasteiger partial charge in [0.1, 0.15) is 40.3 Å². The van der Waals surface area contributed by atoms with Crippen LogP contribution in [-0.2, 0) is 22.1 Å². The van der Waals surface area contributed by atoms with E-state index in [9.17, 15) is 31.5 Å². The minimum atomic E-state index is -4.75. The second-order valence-corrected chi connectivity index (χ2v) is 9.96. The van der Waals surface area contributed by atoms with Crippen LogP contribution in [0.2, 0.25) is 0 Å². The van der Waals surface area contributed by atoms with Gasteiger partial charge in [0.25, 0.3) is 5.91 Å². The number of rotatable bonds is 9. The number of alkyl halides is 3. The molecule has 0 aliphatic rings. The summed E-state index contributed by atoms with van der Waals surface area (Å²) in [6.07, 6.45) is -1.50. The van der Waals surface area contributed by atoms with Crippen LogP contribution in [0, 0.1) is 25.5 Å². The molecule has 4 aromatic rings. The Morgan fingerprint density at radius 1 is 1.09 bits per heavy atom. The van der Waals surface area contributed by atoms with Gasteiger partial charge in [0, 0.05) is 41.8 Å². The number of hydrogen-bond donors (Lipinski definition) is 2. The van der Waals surface area contributed by atoms with Crippen molar-refractivity contribution in [3.8, 4) is 11.3 Å². The Morgan fingerprint density at radius 2 is 1.77 bits per heavy atom. The van der Waals surface area contributed by atoms with Crippen molar-refractivity contribution < 1.29 is 36.3 Å². The van der Waals surface area contributed by atoms with E-state index in [1.807, 2.05) is 13.8 Å². The molecule has 0 unspecified atom stereocenters. The molecule has 3 heterocycles. The molecule has 1 amide bonds. The zero-order chi connectivity index (χ0) is 31.6. The van der Waals surface area contributed by atoms with E-state index in [1.54, 1.807) is 0 Å². The molecule has 0 fully saturated rings. The van der Waals surface area contributed by atoms with Crippen molar-refractivity contribution in [2.45, 2.75) is 58.8 Å². The zero-order valence-corrected chi connectivity index (χ0v) is 23.9. The maximum absolute atomic E-state index is 14.9. The number of nitrogens with one attached hydrogen (secondary N) is 2. The number of benzene rings is 1. The number of pyridine rings is 1. The summed E-state index contributed by atoms with van der Waals surface area (Å²) in [7, 11) is 1.08. The second-order valence-electron chi connectivity index (χ2n) is 9.96. The van der Waals surface area contributed by atoms with Gasteiger partial charge < -0.3 is 19.8 Å². The normalized spacial score (nSPS) is 13.1. The van der Waals surface area contributed by atoms with Crippen molar-refractivity contribution in [1.82, 2.24) is 24.7 Å². The van der Waals surface area contributed by atoms with Crippen LogP contribution in [0.5, 0.6) is 0 Å². The minimum Gasteiger partial charge on any atom is -0.467 e. The molecule has 3 aromatic heterocycles. The number of nitrogens with zero attached hydrogens (tertiary/aromatic N) is 4. The second kappa shape index (κ2) is 12.3. The van der Waals surface area contributed by atoms with Gasteiger partial charge in [0.05, 0.1) is 18.5 Å². The lowest BCUT2D eigenvalue weighted by atomic mass is 10.0. The van der Waals surface area contributed by atoms with Gasteiger partial charge in [-0.05, 0) is 51.5 Å². The van der Waals surface area contributed by atoms with E-state index in [0.29, 0.717) is 12.1 Å². The highest BCUT2D eigenvalue weighted by molar-refractivity contribution is 5.97. The van der Waals surface area contributed by atoms with E-state index in [-0.39, 0.29) is 46.6 Å². The van der Waals surface area contributed by atoms with Gasteiger partial charge in [0.2, 0.25) is 0 Å². The highest BCUT2D eigenvalue weighted by Crippen LogP contribution is 2.39. The summed E-state index contributed by atoms with van der Waals surface area (Å²) in [5, 5.41) is 5.24. The Morgan fingerprint density at radius 3 is 2.37 bits per heavy atom. The van der Waals surface area contributed by atoms with E-state index >= 15 is 0 Å². The monoisotopic (exact) mass is 604 g/mol. The highest BCUT2D eigenvalue weighted by atomic mass is 19.4. The Balaban J connectivity index is 1.69. The molecular weight excluding hydrogens is 575 g/mol. The lowest BCUT2D eigenvalue weighted by molar-refractivity contribution is -0.143. The van der Waals surface area contributed by atoms with Crippen LogP contribution < -0.4 is 10.6 Å². The zero-order valence-electron chi connectivity index (χ0n) is 23.9. The molecule has 0 radical (unpaired) electrons. The number of anilines is 1. The third kappa shape index (κ3) is 6.57. The fraction of sp³-hybridized carbons (Fsp3) is 0.345. The molecule has 14 heteroatoms. The van der Waals surface area contributed by atoms with Gasteiger partial charge in [-0.3, -0.25) is 4.79 Å². The molecule has 0 saturated carbocycles. The van der Waals surface area contributed by atoms with Crippen LogP contribution in [0.4, 0.5) is 27.6 Å². The Bertz CT molecular complexity index is 1660. The van der Waals surface area contributed by atoms with Crippen molar-refractivity contribution >= 4 is 23.2 Å². The SMILES string of the molecule is CC[C@H](C)Nc1cc(F)c(C(=O)N[C@@H](Cc2ccc(-c3nc(C)nc(C)c3C(F)(F)F)c3nccn23)C(=O)OC)c(F)c1. The van der Waals surface area contributed by atoms with Crippen molar-refractivity contribution in [2.24, 2.45) is 0 Å². The molecule has 4 rings (SSSR count). The number of esters is 1. The summed E-state index contributed by atoms with van der Waals surface area (Å²) in [4.78, 5) is 37.8. The molecule has 0 saturated heterocycles. The van der Waals surface area contributed by atoms with E-state index < -0.39 is 46.9 Å². The van der Waals surface area contributed by atoms with Crippen molar-refractivity contribution in [2.75, 3.05) is 12.4 Å². The third-order valence-electron chi connectivity index (χ3n) is 6.87. The fourth-order valence-corrected chi connectivity index (χ4v) is 4.70. The van der Waals surface area contributed by atoms with E-state index in [0.717, 1.165) is 19.2 Å². The van der Waals surface area contributed by atoms with Gasteiger partial charge in [0.15, 0.2) is 0 Å². The van der Waals surface area contributed by atoms with Crippen molar-refractivity contribution in [3.63, 3.8) is 0 Å². The summed E-state index contributed by atoms with van der Waals surface area (Å²) >= 11 is 0. The predicted molar refractivity (Wildman–Crippen MR) is 147 cm³/mol. The average molecular weight is 605 g/mol. The molecule has 0 spiro atoms. The molecule has 1 aromatic carbocycles. The van der Waals surface area contributed by atoms with Crippen LogP contribution >= 0.6 is 0 Å². The summed E-state index contributed by atoms with van der Waals surface area (Å²) in [5.74, 6) is -4.25. The Labute approximate surface area is 243 Å². The average Bonchev–Trinajstić information content (AvgIpc) is 3.41. The standard InChI is InChI=1S/C29H29F5N6O3/c1-6-14(2)36-17-11-20(30)23(21(31)12-17)27(41)39-22(28(42)43-5)13-18-7-8-19(26-35-9-10-40(18)26)25-24(29(32,33)34)15(3)37-16(4)38-25/h7-12,14,22,36H,6,13H2,1-5H3,(H,39,41)/t14-,22-/m0/s1. The summed E-state index contributed by atoms with van der Waals surface area (Å²) in [5.41, 5.74) is -1.88. The predicted octanol–water partition coefficient (Wildman–Crippen LogP) is 5.43. The topological polar surface area (TPSA) is 111 Å². The minimum absolute atomic E-state index is 0.0589. The van der Waals surface area contributed by atoms with E-state index in [2.05, 4.69) is 25.6 Å². The maximum atomic E-state index is 14.9. The molecule has 2 atom stereocenters. The lowest BCUT2D eigenvalue weighted by Gasteiger charge is -2.20. The maximum Gasteiger partial charge on any atom is 0.420 e. The lowest BCUT2D eigenvalue weighted by Crippen LogP contribution is -2.44. The first-order valence-electron chi connectivity index (χ1n) is 13.3. The fourth-order valence-electron chi connectivity index (χ4n) is 4.70. The third-order valence-corrected chi connectivity index (χ3v) is 6.87. The molecule has 43 heavy (non-hydrogen) atoms. The molecule has 228 valence electrons. The van der Waals surface area contributed by atoms with Crippen LogP contribution in [0.1, 0.15) is 53.4 Å². The molecular formula is C29H29F5N6O3. The van der Waals surface area contributed by atoms with E-state index in [1.165, 1.54) is 42.8 Å². The van der Waals surface area contributed by atoms with Crippen LogP contribution in [0.3, 0.4) is 0 Å². The quantitative estimate of drug-likeness (QED) is 0.194. The van der Waals surface area contributed by atoms with Crippen LogP contribution in [-0.4, -0.2) is 50.4 Å². The van der Waals surface area contributed by atoms with Crippen molar-refractivity contribution in [3.05, 3.63) is 76.6 Å². The van der Waals surface area contributed by atoms with Gasteiger partial charge in [-0.15, -0.1) is 0 Å². The first kappa shape index (κ1) is 31.3. The first-order valence-corrected chi connectivity index (χ1v) is 13.3. The molecule has 0 bridgehead atoms. The number of amides is 1. The molecule has 2 N–H and O–H groups in total. The smallest absolute Gasteiger partial charge is 0.420 e. The van der Waals surface area contributed by atoms with Crippen LogP contribution in [0.25, 0.3) is 16.9 Å². The number of ether oxygens (including phenoxy) is 1. The number of methoxy groups -OCH3 is 1. The Hall–Kier alpha value is -4.62. The van der Waals surface area contributed by atoms with Crippen molar-refractivity contribution in [1.29, 1.82) is 0 Å². The number of imidazole rings is 1. The van der Waals surface area contributed by atoms with Gasteiger partial charge >= 0.3 is 12.1 Å². The first-order chi connectivity index (χ1) is 20.2. The van der Waals surface area contributed by atoms with E-state index in [4.69, 9.17) is 4.74 Å². The Kier molecular flexibility index (Phi) is 8.97.